The lowest BCUT2D eigenvalue weighted by Crippen LogP contribution is -2.30. The quantitative estimate of drug-likeness (QED) is 0.761. The van der Waals surface area contributed by atoms with Crippen molar-refractivity contribution >= 4 is 11.7 Å². The van der Waals surface area contributed by atoms with Crippen molar-refractivity contribution in [2.24, 2.45) is 0 Å². The van der Waals surface area contributed by atoms with Gasteiger partial charge in [-0.05, 0) is 25.3 Å². The second-order valence-electron chi connectivity index (χ2n) is 4.32. The lowest BCUT2D eigenvalue weighted by atomic mass is 10.1. The number of methoxy groups -OCH3 is 1. The number of carbonyl (C=O) groups excluding carboxylic acids is 1. The van der Waals surface area contributed by atoms with Gasteiger partial charge in [0, 0.05) is 19.2 Å². The summed E-state index contributed by atoms with van der Waals surface area (Å²) in [6.07, 6.45) is 3.07. The minimum Gasteiger partial charge on any atom is -0.465 e. The van der Waals surface area contributed by atoms with Crippen molar-refractivity contribution in [3.63, 3.8) is 0 Å². The van der Waals surface area contributed by atoms with Gasteiger partial charge >= 0.3 is 5.97 Å². The van der Waals surface area contributed by atoms with Crippen LogP contribution >= 0.6 is 0 Å². The Morgan fingerprint density at radius 3 is 2.44 bits per heavy atom. The number of ether oxygens (including phenoxy) is 1. The molecular formula is C13H15F2NO2. The van der Waals surface area contributed by atoms with Gasteiger partial charge in [0.2, 0.25) is 0 Å². The Balaban J connectivity index is 2.37. The fourth-order valence-corrected chi connectivity index (χ4v) is 2.18. The van der Waals surface area contributed by atoms with Crippen molar-refractivity contribution in [1.82, 2.24) is 0 Å². The first kappa shape index (κ1) is 12.8. The zero-order chi connectivity index (χ0) is 13.1. The molecule has 0 radical (unpaired) electrons. The lowest BCUT2D eigenvalue weighted by molar-refractivity contribution is 0.0595. The first-order chi connectivity index (χ1) is 8.63. The number of carbonyl (C=O) groups is 1. The maximum atomic E-state index is 13.7. The highest BCUT2D eigenvalue weighted by Gasteiger charge is 2.21. The Kier molecular flexibility index (Phi) is 3.79. The molecule has 1 aromatic carbocycles. The molecule has 0 N–H and O–H groups in total. The number of hydrogen-bond donors (Lipinski definition) is 0. The molecule has 1 aliphatic heterocycles. The molecule has 0 saturated carbocycles. The Morgan fingerprint density at radius 1 is 1.17 bits per heavy atom. The zero-order valence-corrected chi connectivity index (χ0v) is 10.2. The van der Waals surface area contributed by atoms with Gasteiger partial charge in [-0.15, -0.1) is 0 Å². The SMILES string of the molecule is COC(=O)c1cc(N2CCCCC2)c(F)cc1F. The number of esters is 1. The standard InChI is InChI=1S/C13H15F2NO2/c1-18-13(17)9-7-12(11(15)8-10(9)14)16-5-3-2-4-6-16/h7-8H,2-6H2,1H3. The second kappa shape index (κ2) is 5.33. The van der Waals surface area contributed by atoms with Crippen LogP contribution in [0.15, 0.2) is 12.1 Å². The van der Waals surface area contributed by atoms with E-state index in [0.717, 1.165) is 38.4 Å². The van der Waals surface area contributed by atoms with E-state index in [1.807, 2.05) is 4.90 Å². The van der Waals surface area contributed by atoms with Crippen LogP contribution in [0.1, 0.15) is 29.6 Å². The van der Waals surface area contributed by atoms with Gasteiger partial charge in [0.1, 0.15) is 11.6 Å². The van der Waals surface area contributed by atoms with Crippen LogP contribution in [-0.4, -0.2) is 26.2 Å². The summed E-state index contributed by atoms with van der Waals surface area (Å²) in [6, 6.07) is 1.98. The first-order valence-corrected chi connectivity index (χ1v) is 5.96. The monoisotopic (exact) mass is 255 g/mol. The maximum Gasteiger partial charge on any atom is 0.340 e. The van der Waals surface area contributed by atoms with Crippen molar-refractivity contribution in [3.8, 4) is 0 Å². The topological polar surface area (TPSA) is 29.5 Å². The van der Waals surface area contributed by atoms with Crippen molar-refractivity contribution in [1.29, 1.82) is 0 Å². The minimum atomic E-state index is -0.889. The average Bonchev–Trinajstić information content (AvgIpc) is 2.39. The van der Waals surface area contributed by atoms with E-state index < -0.39 is 17.6 Å². The molecule has 18 heavy (non-hydrogen) atoms. The Hall–Kier alpha value is -1.65. The molecule has 5 heteroatoms. The Labute approximate surface area is 104 Å². The molecule has 1 heterocycles. The van der Waals surface area contributed by atoms with E-state index in [1.54, 1.807) is 0 Å². The van der Waals surface area contributed by atoms with Crippen molar-refractivity contribution in [3.05, 3.63) is 29.3 Å². The van der Waals surface area contributed by atoms with Gasteiger partial charge in [0.25, 0.3) is 0 Å². The van der Waals surface area contributed by atoms with Gasteiger partial charge in [-0.1, -0.05) is 0 Å². The van der Waals surface area contributed by atoms with E-state index in [-0.39, 0.29) is 11.3 Å². The van der Waals surface area contributed by atoms with Crippen LogP contribution in [0.3, 0.4) is 0 Å². The predicted molar refractivity (Wildman–Crippen MR) is 63.8 cm³/mol. The summed E-state index contributed by atoms with van der Waals surface area (Å²) in [5.41, 5.74) is 0.0518. The fraction of sp³-hybridized carbons (Fsp3) is 0.462. The van der Waals surface area contributed by atoms with Crippen LogP contribution in [0.2, 0.25) is 0 Å². The minimum absolute atomic E-state index is 0.223. The summed E-state index contributed by atoms with van der Waals surface area (Å²) in [5, 5.41) is 0. The number of hydrogen-bond acceptors (Lipinski definition) is 3. The number of benzene rings is 1. The van der Waals surface area contributed by atoms with Crippen LogP contribution in [-0.2, 0) is 4.74 Å². The van der Waals surface area contributed by atoms with Crippen molar-refractivity contribution in [2.45, 2.75) is 19.3 Å². The summed E-state index contributed by atoms with van der Waals surface area (Å²) in [6.45, 7) is 1.45. The molecule has 0 aromatic heterocycles. The van der Waals surface area contributed by atoms with Gasteiger partial charge in [0.15, 0.2) is 0 Å². The molecule has 1 aromatic rings. The molecule has 1 fully saturated rings. The number of rotatable bonds is 2. The number of piperidine rings is 1. The molecule has 98 valence electrons. The number of nitrogens with zero attached hydrogens (tertiary/aromatic N) is 1. The van der Waals surface area contributed by atoms with Crippen molar-refractivity contribution in [2.75, 3.05) is 25.1 Å². The smallest absolute Gasteiger partial charge is 0.340 e. The highest BCUT2D eigenvalue weighted by Crippen LogP contribution is 2.26. The molecule has 0 amide bonds. The van der Waals surface area contributed by atoms with E-state index in [4.69, 9.17) is 0 Å². The van der Waals surface area contributed by atoms with Gasteiger partial charge < -0.3 is 9.64 Å². The normalized spacial score (nSPS) is 15.6. The molecule has 2 rings (SSSR count). The molecule has 1 aliphatic rings. The molecule has 0 spiro atoms. The van der Waals surface area contributed by atoms with Crippen molar-refractivity contribution < 1.29 is 18.3 Å². The van der Waals surface area contributed by atoms with Crippen LogP contribution in [0, 0.1) is 11.6 Å². The van der Waals surface area contributed by atoms with E-state index in [9.17, 15) is 13.6 Å². The molecule has 0 unspecified atom stereocenters. The van der Waals surface area contributed by atoms with Crippen LogP contribution in [0.25, 0.3) is 0 Å². The molecule has 3 nitrogen and oxygen atoms in total. The summed E-state index contributed by atoms with van der Waals surface area (Å²) in [4.78, 5) is 13.2. The summed E-state index contributed by atoms with van der Waals surface area (Å²) >= 11 is 0. The van der Waals surface area contributed by atoms with E-state index in [2.05, 4.69) is 4.74 Å². The highest BCUT2D eigenvalue weighted by molar-refractivity contribution is 5.90. The zero-order valence-electron chi connectivity index (χ0n) is 10.2. The number of anilines is 1. The largest absolute Gasteiger partial charge is 0.465 e. The molecule has 0 aliphatic carbocycles. The number of halogens is 2. The van der Waals surface area contributed by atoms with Crippen LogP contribution in [0.4, 0.5) is 14.5 Å². The summed E-state index contributed by atoms with van der Waals surface area (Å²) < 4.78 is 31.7. The van der Waals surface area contributed by atoms with Gasteiger partial charge in [-0.25, -0.2) is 13.6 Å². The molecule has 1 saturated heterocycles. The average molecular weight is 255 g/mol. The lowest BCUT2D eigenvalue weighted by Gasteiger charge is -2.29. The van der Waals surface area contributed by atoms with E-state index >= 15 is 0 Å². The Bertz CT molecular complexity index is 457. The Morgan fingerprint density at radius 2 is 1.83 bits per heavy atom. The third kappa shape index (κ3) is 2.44. The molecule has 0 bridgehead atoms. The summed E-state index contributed by atoms with van der Waals surface area (Å²) in [5.74, 6) is -2.31. The van der Waals surface area contributed by atoms with Gasteiger partial charge in [-0.3, -0.25) is 0 Å². The maximum absolute atomic E-state index is 13.7. The summed E-state index contributed by atoms with van der Waals surface area (Å²) in [7, 11) is 1.17. The molecule has 0 atom stereocenters. The highest BCUT2D eigenvalue weighted by atomic mass is 19.1. The van der Waals surface area contributed by atoms with Crippen LogP contribution < -0.4 is 4.90 Å². The fourth-order valence-electron chi connectivity index (χ4n) is 2.18. The van der Waals surface area contributed by atoms with Crippen LogP contribution in [0.5, 0.6) is 0 Å². The predicted octanol–water partition coefficient (Wildman–Crippen LogP) is 2.74. The van der Waals surface area contributed by atoms with Gasteiger partial charge in [-0.2, -0.15) is 0 Å². The third-order valence-electron chi connectivity index (χ3n) is 3.14. The third-order valence-corrected chi connectivity index (χ3v) is 3.14. The van der Waals surface area contributed by atoms with E-state index in [1.165, 1.54) is 13.2 Å². The van der Waals surface area contributed by atoms with Gasteiger partial charge in [0.05, 0.1) is 18.4 Å². The second-order valence-corrected chi connectivity index (χ2v) is 4.32. The first-order valence-electron chi connectivity index (χ1n) is 5.96. The molecular weight excluding hydrogens is 240 g/mol. The van der Waals surface area contributed by atoms with E-state index in [0.29, 0.717) is 0 Å².